The van der Waals surface area contributed by atoms with Crippen molar-refractivity contribution in [1.29, 1.82) is 0 Å². The quantitative estimate of drug-likeness (QED) is 0.334. The lowest BCUT2D eigenvalue weighted by Crippen LogP contribution is -2.42. The molecule has 5 rings (SSSR count). The minimum atomic E-state index is -1.05. The van der Waals surface area contributed by atoms with Crippen LogP contribution in [-0.2, 0) is 4.84 Å². The number of ether oxygens (including phenoxy) is 1. The second-order valence-electron chi connectivity index (χ2n) is 9.01. The Morgan fingerprint density at radius 1 is 1.12 bits per heavy atom. The van der Waals surface area contributed by atoms with Crippen LogP contribution in [0, 0.1) is 18.6 Å². The number of rotatable bonds is 8. The van der Waals surface area contributed by atoms with E-state index in [1.165, 1.54) is 18.2 Å². The molecule has 0 aliphatic carbocycles. The molecule has 0 unspecified atom stereocenters. The highest BCUT2D eigenvalue weighted by Gasteiger charge is 2.37. The number of carbonyl (C=O) groups is 1. The number of amides is 2. The van der Waals surface area contributed by atoms with Crippen LogP contribution in [0.15, 0.2) is 60.9 Å². The molecule has 2 N–H and O–H groups in total. The lowest BCUT2D eigenvalue weighted by molar-refractivity contribution is -0.149. The van der Waals surface area contributed by atoms with Crippen molar-refractivity contribution in [3.63, 3.8) is 0 Å². The monoisotopic (exact) mass is 553 g/mol. The number of para-hydroxylation sites is 1. The lowest BCUT2D eigenvalue weighted by atomic mass is 10.0. The van der Waals surface area contributed by atoms with Gasteiger partial charge in [0.05, 0.1) is 25.4 Å². The second kappa shape index (κ2) is 11.7. The van der Waals surface area contributed by atoms with E-state index in [4.69, 9.17) is 14.7 Å². The van der Waals surface area contributed by atoms with Gasteiger partial charge in [-0.15, -0.1) is 0 Å². The lowest BCUT2D eigenvalue weighted by Gasteiger charge is -2.20. The predicted octanol–water partition coefficient (Wildman–Crippen LogP) is 4.37. The molecule has 0 saturated carbocycles. The Hall–Kier alpha value is -4.49. The first-order valence-corrected chi connectivity index (χ1v) is 12.4. The van der Waals surface area contributed by atoms with Crippen molar-refractivity contribution in [2.45, 2.75) is 19.1 Å². The van der Waals surface area contributed by atoms with Gasteiger partial charge in [0.1, 0.15) is 24.3 Å². The fourth-order valence-corrected chi connectivity index (χ4v) is 4.46. The number of halogens is 3. The highest BCUT2D eigenvalue weighted by molar-refractivity contribution is 5.91. The summed E-state index contributed by atoms with van der Waals surface area (Å²) >= 11 is 0. The number of hydrogen-bond acceptors (Lipinski definition) is 7. The van der Waals surface area contributed by atoms with E-state index in [9.17, 15) is 18.0 Å². The third-order valence-corrected chi connectivity index (χ3v) is 6.39. The summed E-state index contributed by atoms with van der Waals surface area (Å²) in [5.41, 5.74) is 2.80. The molecule has 1 fully saturated rings. The molecular formula is C27H26F3N7O3. The summed E-state index contributed by atoms with van der Waals surface area (Å²) in [7, 11) is 1.47. The molecule has 10 nitrogen and oxygen atoms in total. The van der Waals surface area contributed by atoms with Gasteiger partial charge < -0.3 is 10.1 Å². The number of hydrogen-bond donors (Lipinski definition) is 2. The Balaban J connectivity index is 1.43. The third-order valence-electron chi connectivity index (χ3n) is 6.39. The van der Waals surface area contributed by atoms with Crippen LogP contribution < -0.4 is 15.4 Å². The first-order chi connectivity index (χ1) is 19.4. The van der Waals surface area contributed by atoms with Crippen LogP contribution in [0.4, 0.5) is 23.8 Å². The summed E-state index contributed by atoms with van der Waals surface area (Å²) in [6.07, 6.45) is 2.28. The first kappa shape index (κ1) is 27.1. The van der Waals surface area contributed by atoms with Crippen molar-refractivity contribution < 1.29 is 27.5 Å². The fourth-order valence-electron chi connectivity index (χ4n) is 4.46. The molecule has 1 aliphatic rings. The van der Waals surface area contributed by atoms with E-state index in [0.717, 1.165) is 12.1 Å². The van der Waals surface area contributed by atoms with Crippen LogP contribution in [0.1, 0.15) is 17.2 Å². The van der Waals surface area contributed by atoms with Crippen molar-refractivity contribution >= 4 is 11.8 Å². The molecule has 1 aliphatic heterocycles. The third kappa shape index (κ3) is 5.60. The topological polar surface area (TPSA) is 106 Å². The van der Waals surface area contributed by atoms with E-state index in [1.807, 2.05) is 30.3 Å². The van der Waals surface area contributed by atoms with Crippen molar-refractivity contribution in [3.05, 3.63) is 83.7 Å². The van der Waals surface area contributed by atoms with E-state index >= 15 is 0 Å². The Morgan fingerprint density at radius 2 is 1.88 bits per heavy atom. The van der Waals surface area contributed by atoms with Gasteiger partial charge >= 0.3 is 12.0 Å². The second-order valence-corrected chi connectivity index (χ2v) is 9.01. The van der Waals surface area contributed by atoms with Crippen LogP contribution >= 0.6 is 0 Å². The van der Waals surface area contributed by atoms with Gasteiger partial charge in [-0.05, 0) is 36.8 Å². The molecule has 2 amide bonds. The number of anilines is 1. The molecule has 3 heterocycles. The number of benzene rings is 2. The Labute approximate surface area is 227 Å². The SMILES string of the molecule is COc1ncc(-c2nn(-c3ccccc3)c(NC(=O)N[C@@H]3CN(CCF)O[C@H]3c3ccc(F)c(F)c3)c2C)cn1. The smallest absolute Gasteiger partial charge is 0.320 e. The number of urea groups is 1. The zero-order chi connectivity index (χ0) is 28.2. The van der Waals surface area contributed by atoms with Gasteiger partial charge in [0, 0.05) is 30.1 Å². The van der Waals surface area contributed by atoms with Gasteiger partial charge in [-0.25, -0.2) is 32.6 Å². The molecule has 2 atom stereocenters. The van der Waals surface area contributed by atoms with Crippen LogP contribution in [0.3, 0.4) is 0 Å². The number of alkyl halides is 1. The summed E-state index contributed by atoms with van der Waals surface area (Å²) in [4.78, 5) is 27.4. The molecule has 2 aromatic carbocycles. The maximum absolute atomic E-state index is 14.0. The average molecular weight is 554 g/mol. The Kier molecular flexibility index (Phi) is 7.94. The number of hydroxylamine groups is 2. The minimum Gasteiger partial charge on any atom is -0.467 e. The molecule has 4 aromatic rings. The standard InChI is InChI=1S/C27H26F3N7O3/c1-16-23(18-13-31-27(39-2)32-14-18)35-37(19-6-4-3-5-7-19)25(16)34-26(38)33-22-15-36(11-10-28)40-24(22)17-8-9-20(29)21(30)12-17/h3-9,12-14,22,24H,10-11,15H2,1-2H3,(H2,33,34,38)/t22-,24+/m1/s1. The predicted molar refractivity (Wildman–Crippen MR) is 140 cm³/mol. The van der Waals surface area contributed by atoms with Gasteiger partial charge in [-0.2, -0.15) is 10.2 Å². The maximum Gasteiger partial charge on any atom is 0.320 e. The van der Waals surface area contributed by atoms with Gasteiger partial charge in [0.15, 0.2) is 11.6 Å². The van der Waals surface area contributed by atoms with Crippen molar-refractivity contribution in [2.24, 2.45) is 0 Å². The Bertz CT molecular complexity index is 1480. The van der Waals surface area contributed by atoms with E-state index in [1.54, 1.807) is 24.0 Å². The number of methoxy groups -OCH3 is 1. The van der Waals surface area contributed by atoms with Crippen molar-refractivity contribution in [3.8, 4) is 23.0 Å². The van der Waals surface area contributed by atoms with Gasteiger partial charge in [-0.1, -0.05) is 24.3 Å². The summed E-state index contributed by atoms with van der Waals surface area (Å²) in [5.74, 6) is -1.67. The van der Waals surface area contributed by atoms with Crippen LogP contribution in [0.5, 0.6) is 6.01 Å². The van der Waals surface area contributed by atoms with Crippen LogP contribution in [0.2, 0.25) is 0 Å². The molecule has 40 heavy (non-hydrogen) atoms. The zero-order valence-corrected chi connectivity index (χ0v) is 21.6. The number of aromatic nitrogens is 4. The zero-order valence-electron chi connectivity index (χ0n) is 21.6. The van der Waals surface area contributed by atoms with Crippen molar-refractivity contribution in [2.75, 3.05) is 32.2 Å². The molecule has 0 bridgehead atoms. The molecule has 208 valence electrons. The van der Waals surface area contributed by atoms with E-state index in [-0.39, 0.29) is 19.1 Å². The number of carbonyl (C=O) groups excluding carboxylic acids is 1. The van der Waals surface area contributed by atoms with Crippen LogP contribution in [0.25, 0.3) is 16.9 Å². The number of nitrogens with one attached hydrogen (secondary N) is 2. The molecular weight excluding hydrogens is 527 g/mol. The highest BCUT2D eigenvalue weighted by Crippen LogP contribution is 2.32. The first-order valence-electron chi connectivity index (χ1n) is 12.4. The van der Waals surface area contributed by atoms with Crippen LogP contribution in [-0.4, -0.2) is 63.8 Å². The molecule has 2 aromatic heterocycles. The summed E-state index contributed by atoms with van der Waals surface area (Å²) < 4.78 is 47.2. The maximum atomic E-state index is 14.0. The molecule has 0 radical (unpaired) electrons. The summed E-state index contributed by atoms with van der Waals surface area (Å²) in [6.45, 7) is 1.20. The average Bonchev–Trinajstić information content (AvgIpc) is 3.51. The summed E-state index contributed by atoms with van der Waals surface area (Å²) in [5, 5.41) is 11.7. The minimum absolute atomic E-state index is 0.0485. The van der Waals surface area contributed by atoms with Crippen molar-refractivity contribution in [1.82, 2.24) is 30.1 Å². The van der Waals surface area contributed by atoms with E-state index < -0.39 is 36.5 Å². The Morgan fingerprint density at radius 3 is 2.55 bits per heavy atom. The molecule has 0 spiro atoms. The van der Waals surface area contributed by atoms with E-state index in [0.29, 0.717) is 33.9 Å². The summed E-state index contributed by atoms with van der Waals surface area (Å²) in [6, 6.07) is 11.5. The highest BCUT2D eigenvalue weighted by atomic mass is 19.2. The largest absolute Gasteiger partial charge is 0.467 e. The number of nitrogens with zero attached hydrogens (tertiary/aromatic N) is 5. The normalized spacial score (nSPS) is 17.1. The van der Waals surface area contributed by atoms with Gasteiger partial charge in [0.2, 0.25) is 0 Å². The molecule has 13 heteroatoms. The fraction of sp³-hybridized carbons (Fsp3) is 0.259. The molecule has 1 saturated heterocycles. The van der Waals surface area contributed by atoms with Gasteiger partial charge in [-0.3, -0.25) is 10.2 Å². The van der Waals surface area contributed by atoms with E-state index in [2.05, 4.69) is 20.6 Å². The van der Waals surface area contributed by atoms with Gasteiger partial charge in [0.25, 0.3) is 0 Å².